The Labute approximate surface area is 170 Å². The van der Waals surface area contributed by atoms with E-state index in [1.807, 2.05) is 0 Å². The zero-order valence-corrected chi connectivity index (χ0v) is 18.6. The Morgan fingerprint density at radius 3 is 1.37 bits per heavy atom. The molecule has 0 fully saturated rings. The molecule has 0 aromatic heterocycles. The van der Waals surface area contributed by atoms with Gasteiger partial charge in [0.1, 0.15) is 0 Å². The van der Waals surface area contributed by atoms with Gasteiger partial charge in [-0.05, 0) is 32.1 Å². The summed E-state index contributed by atoms with van der Waals surface area (Å²) in [5, 5.41) is 0. The molecule has 0 aromatic carbocycles. The molecule has 0 spiro atoms. The highest BCUT2D eigenvalue weighted by Crippen LogP contribution is 2.13. The number of carbonyl (C=O) groups is 1. The van der Waals surface area contributed by atoms with Gasteiger partial charge in [0.25, 0.3) is 0 Å². The van der Waals surface area contributed by atoms with Crippen LogP contribution in [0.3, 0.4) is 0 Å². The molecule has 0 aliphatic heterocycles. The minimum absolute atomic E-state index is 0.0664. The van der Waals surface area contributed by atoms with Crippen molar-refractivity contribution in [2.45, 2.75) is 135 Å². The van der Waals surface area contributed by atoms with Gasteiger partial charge in [0.2, 0.25) is 0 Å². The number of hydrogen-bond donors (Lipinski definition) is 0. The Hall–Kier alpha value is -0.790. The first-order valence-corrected chi connectivity index (χ1v) is 12.0. The highest BCUT2D eigenvalue weighted by atomic mass is 16.5. The lowest BCUT2D eigenvalue weighted by Crippen LogP contribution is -1.99. The van der Waals surface area contributed by atoms with E-state index in [-0.39, 0.29) is 5.97 Å². The summed E-state index contributed by atoms with van der Waals surface area (Å²) in [4.78, 5) is 11.0. The van der Waals surface area contributed by atoms with Crippen LogP contribution in [0.15, 0.2) is 12.2 Å². The molecule has 0 N–H and O–H groups in total. The molecule has 0 aromatic rings. The lowest BCUT2D eigenvalue weighted by atomic mass is 10.0. The maximum Gasteiger partial charge on any atom is 0.305 e. The molecule has 0 atom stereocenters. The number of hydrogen-bond acceptors (Lipinski definition) is 2. The molecule has 0 radical (unpaired) electrons. The van der Waals surface area contributed by atoms with E-state index >= 15 is 0 Å². The summed E-state index contributed by atoms with van der Waals surface area (Å²) in [6.45, 7) is 2.28. The monoisotopic (exact) mass is 380 g/mol. The third-order valence-corrected chi connectivity index (χ3v) is 5.37. The first-order chi connectivity index (χ1) is 13.3. The van der Waals surface area contributed by atoms with Crippen LogP contribution in [-0.2, 0) is 9.53 Å². The topological polar surface area (TPSA) is 26.3 Å². The first-order valence-electron chi connectivity index (χ1n) is 12.0. The summed E-state index contributed by atoms with van der Waals surface area (Å²) in [5.74, 6) is -0.0664. The second-order valence-electron chi connectivity index (χ2n) is 8.03. The third-order valence-electron chi connectivity index (χ3n) is 5.37. The van der Waals surface area contributed by atoms with Gasteiger partial charge in [0.15, 0.2) is 0 Å². The molecule has 2 heteroatoms. The molecule has 0 heterocycles. The fourth-order valence-electron chi connectivity index (χ4n) is 3.50. The van der Waals surface area contributed by atoms with E-state index in [0.29, 0.717) is 6.42 Å². The number of methoxy groups -OCH3 is 1. The smallest absolute Gasteiger partial charge is 0.305 e. The van der Waals surface area contributed by atoms with E-state index in [2.05, 4.69) is 23.8 Å². The minimum Gasteiger partial charge on any atom is -0.469 e. The van der Waals surface area contributed by atoms with Crippen molar-refractivity contribution in [2.75, 3.05) is 7.11 Å². The Morgan fingerprint density at radius 1 is 0.593 bits per heavy atom. The van der Waals surface area contributed by atoms with Crippen molar-refractivity contribution < 1.29 is 9.53 Å². The molecular formula is C25H48O2. The van der Waals surface area contributed by atoms with Gasteiger partial charge in [-0.3, -0.25) is 4.79 Å². The van der Waals surface area contributed by atoms with Crippen molar-refractivity contribution in [2.24, 2.45) is 0 Å². The molecular weight excluding hydrogens is 332 g/mol. The van der Waals surface area contributed by atoms with E-state index in [1.54, 1.807) is 0 Å². The van der Waals surface area contributed by atoms with Gasteiger partial charge in [-0.25, -0.2) is 0 Å². The lowest BCUT2D eigenvalue weighted by Gasteiger charge is -2.02. The number of allylic oxidation sites excluding steroid dienone is 2. The second kappa shape index (κ2) is 23.2. The van der Waals surface area contributed by atoms with E-state index in [4.69, 9.17) is 0 Å². The maximum absolute atomic E-state index is 11.0. The van der Waals surface area contributed by atoms with Gasteiger partial charge in [-0.2, -0.15) is 0 Å². The van der Waals surface area contributed by atoms with Crippen LogP contribution in [0.4, 0.5) is 0 Å². The fraction of sp³-hybridized carbons (Fsp3) is 0.880. The summed E-state index contributed by atoms with van der Waals surface area (Å²) >= 11 is 0. The summed E-state index contributed by atoms with van der Waals surface area (Å²) in [7, 11) is 1.47. The Balaban J connectivity index is 3.08. The standard InChI is InChI=1S/C25H48O2/c1-3-4-5-6-7-8-9-10-11-12-13-14-15-16-17-18-19-20-21-22-23-24-25(26)27-2/h10-11H,3-9,12-24H2,1-2H3/b11-10-. The maximum atomic E-state index is 11.0. The van der Waals surface area contributed by atoms with Crippen LogP contribution in [0.5, 0.6) is 0 Å². The van der Waals surface area contributed by atoms with Gasteiger partial charge in [-0.1, -0.05) is 109 Å². The van der Waals surface area contributed by atoms with Gasteiger partial charge >= 0.3 is 5.97 Å². The first kappa shape index (κ1) is 26.2. The molecule has 160 valence electrons. The van der Waals surface area contributed by atoms with E-state index in [1.165, 1.54) is 123 Å². The number of unbranched alkanes of at least 4 members (excludes halogenated alkanes) is 17. The highest BCUT2D eigenvalue weighted by Gasteiger charge is 1.99. The predicted molar refractivity (Wildman–Crippen MR) is 119 cm³/mol. The number of ether oxygens (including phenoxy) is 1. The van der Waals surface area contributed by atoms with Crippen LogP contribution in [0.2, 0.25) is 0 Å². The largest absolute Gasteiger partial charge is 0.469 e. The fourth-order valence-corrected chi connectivity index (χ4v) is 3.50. The van der Waals surface area contributed by atoms with Crippen LogP contribution in [-0.4, -0.2) is 13.1 Å². The highest BCUT2D eigenvalue weighted by molar-refractivity contribution is 5.68. The SMILES string of the molecule is CCCCCCCC/C=C\CCCCCCCCCCCCCC(=O)OC. The average Bonchev–Trinajstić information content (AvgIpc) is 2.68. The molecule has 0 aliphatic rings. The van der Waals surface area contributed by atoms with Crippen LogP contribution in [0, 0.1) is 0 Å². The summed E-state index contributed by atoms with van der Waals surface area (Å²) in [6.07, 6.45) is 30.8. The quantitative estimate of drug-likeness (QED) is 0.113. The summed E-state index contributed by atoms with van der Waals surface area (Å²) < 4.78 is 4.65. The molecule has 0 aliphatic carbocycles. The van der Waals surface area contributed by atoms with Crippen molar-refractivity contribution >= 4 is 5.97 Å². The number of esters is 1. The third kappa shape index (κ3) is 23.2. The Kier molecular flexibility index (Phi) is 22.6. The summed E-state index contributed by atoms with van der Waals surface area (Å²) in [5.41, 5.74) is 0. The van der Waals surface area contributed by atoms with Crippen molar-refractivity contribution in [3.63, 3.8) is 0 Å². The molecule has 0 saturated carbocycles. The lowest BCUT2D eigenvalue weighted by molar-refractivity contribution is -0.140. The molecule has 2 nitrogen and oxygen atoms in total. The number of carbonyl (C=O) groups excluding carboxylic acids is 1. The summed E-state index contributed by atoms with van der Waals surface area (Å²) in [6, 6.07) is 0. The van der Waals surface area contributed by atoms with Gasteiger partial charge < -0.3 is 4.74 Å². The van der Waals surface area contributed by atoms with Crippen molar-refractivity contribution in [1.82, 2.24) is 0 Å². The normalized spacial score (nSPS) is 11.3. The van der Waals surface area contributed by atoms with Crippen LogP contribution < -0.4 is 0 Å². The van der Waals surface area contributed by atoms with Crippen molar-refractivity contribution in [3.05, 3.63) is 12.2 Å². The van der Waals surface area contributed by atoms with Crippen LogP contribution >= 0.6 is 0 Å². The van der Waals surface area contributed by atoms with Crippen LogP contribution in [0.1, 0.15) is 135 Å². The predicted octanol–water partition coefficient (Wildman–Crippen LogP) is 8.54. The zero-order valence-electron chi connectivity index (χ0n) is 18.6. The molecule has 0 bridgehead atoms. The number of rotatable bonds is 21. The zero-order chi connectivity index (χ0) is 19.8. The van der Waals surface area contributed by atoms with Gasteiger partial charge in [0.05, 0.1) is 7.11 Å². The van der Waals surface area contributed by atoms with Crippen LogP contribution in [0.25, 0.3) is 0 Å². The van der Waals surface area contributed by atoms with Gasteiger partial charge in [-0.15, -0.1) is 0 Å². The molecule has 27 heavy (non-hydrogen) atoms. The van der Waals surface area contributed by atoms with Gasteiger partial charge in [0, 0.05) is 6.42 Å². The molecule has 0 rings (SSSR count). The second-order valence-corrected chi connectivity index (χ2v) is 8.03. The average molecular weight is 381 g/mol. The van der Waals surface area contributed by atoms with Crippen molar-refractivity contribution in [1.29, 1.82) is 0 Å². The van der Waals surface area contributed by atoms with E-state index in [9.17, 15) is 4.79 Å². The van der Waals surface area contributed by atoms with E-state index < -0.39 is 0 Å². The molecule has 0 saturated heterocycles. The van der Waals surface area contributed by atoms with Crippen molar-refractivity contribution in [3.8, 4) is 0 Å². The molecule has 0 amide bonds. The Morgan fingerprint density at radius 2 is 0.963 bits per heavy atom. The Bertz CT molecular complexity index is 322. The molecule has 0 unspecified atom stereocenters. The van der Waals surface area contributed by atoms with E-state index in [0.717, 1.165) is 6.42 Å². The minimum atomic E-state index is -0.0664.